The summed E-state index contributed by atoms with van der Waals surface area (Å²) in [5, 5.41) is 13.0. The van der Waals surface area contributed by atoms with Crippen molar-refractivity contribution in [1.82, 2.24) is 14.4 Å². The SMILES string of the molecule is Cc1ccccc1-c1cc(-c2ccccc2O)nc(-c2[c-]c(-c3nc4ccccn4c3-c3ccccc3)cc3ccccc23)c1.[Pt]. The summed E-state index contributed by atoms with van der Waals surface area (Å²) in [5.41, 5.74) is 11.1. The molecule has 0 spiro atoms. The maximum atomic E-state index is 10.9. The zero-order chi connectivity index (χ0) is 30.3. The summed E-state index contributed by atoms with van der Waals surface area (Å²) < 4.78 is 2.14. The molecular weight excluding hydrogens is 746 g/mol. The maximum absolute atomic E-state index is 10.9. The predicted octanol–water partition coefficient (Wildman–Crippen LogP) is 10.0. The summed E-state index contributed by atoms with van der Waals surface area (Å²) in [7, 11) is 0. The smallest absolute Gasteiger partial charge is 0.129 e. The third kappa shape index (κ3) is 5.21. The van der Waals surface area contributed by atoms with Crippen molar-refractivity contribution >= 4 is 16.4 Å². The van der Waals surface area contributed by atoms with Crippen LogP contribution in [-0.4, -0.2) is 19.5 Å². The van der Waals surface area contributed by atoms with Crippen molar-refractivity contribution in [1.29, 1.82) is 0 Å². The molecule has 0 saturated heterocycles. The Kier molecular flexibility index (Phi) is 7.82. The van der Waals surface area contributed by atoms with E-state index < -0.39 is 0 Å². The van der Waals surface area contributed by atoms with Crippen LogP contribution in [0.25, 0.3) is 72.6 Å². The number of nitrogens with zero attached hydrogens (tertiary/aromatic N) is 3. The number of aryl methyl sites for hydroxylation is 1. The molecule has 5 heteroatoms. The average molecular weight is 774 g/mol. The zero-order valence-corrected chi connectivity index (χ0v) is 27.2. The fourth-order valence-electron chi connectivity index (χ4n) is 6.17. The fourth-order valence-corrected chi connectivity index (χ4v) is 6.17. The summed E-state index contributed by atoms with van der Waals surface area (Å²) in [6.45, 7) is 2.12. The van der Waals surface area contributed by atoms with Gasteiger partial charge in [0, 0.05) is 49.9 Å². The molecule has 0 atom stereocenters. The Labute approximate surface area is 282 Å². The van der Waals surface area contributed by atoms with Crippen molar-refractivity contribution in [2.75, 3.05) is 0 Å². The molecule has 0 radical (unpaired) electrons. The third-order valence-electron chi connectivity index (χ3n) is 8.34. The Hall–Kier alpha value is -5.31. The molecule has 3 aromatic heterocycles. The first-order valence-electron chi connectivity index (χ1n) is 15.0. The molecule has 0 amide bonds. The Bertz CT molecular complexity index is 2300. The third-order valence-corrected chi connectivity index (χ3v) is 8.34. The monoisotopic (exact) mass is 773 g/mol. The van der Waals surface area contributed by atoms with Crippen LogP contribution < -0.4 is 0 Å². The van der Waals surface area contributed by atoms with Crippen LogP contribution in [-0.2, 0) is 21.1 Å². The van der Waals surface area contributed by atoms with Crippen LogP contribution in [0.2, 0.25) is 0 Å². The first-order chi connectivity index (χ1) is 22.1. The number of pyridine rings is 2. The molecular formula is C41H28N3OPt-. The Balaban J connectivity index is 0.00000338. The van der Waals surface area contributed by atoms with Gasteiger partial charge in [0.1, 0.15) is 11.4 Å². The second-order valence-electron chi connectivity index (χ2n) is 11.2. The molecule has 0 saturated carbocycles. The topological polar surface area (TPSA) is 50.4 Å². The van der Waals surface area contributed by atoms with Gasteiger partial charge in [-0.15, -0.1) is 12.1 Å². The molecule has 0 unspecified atom stereocenters. The standard InChI is InChI=1S/C41H28N3O.Pt/c1-27-13-5-7-17-32(27)30-25-36(34-19-9-10-20-38(34)45)42-37(26-30)35-24-31(23-29-16-6-8-18-33(29)35)40-41(28-14-3-2-4-15-28)44-22-12-11-21-39(44)43-40;/h2-23,25-26,45H,1H3;/q-1;. The Morgan fingerprint density at radius 1 is 0.630 bits per heavy atom. The minimum atomic E-state index is 0. The van der Waals surface area contributed by atoms with Gasteiger partial charge in [0.05, 0.1) is 5.69 Å². The number of para-hydroxylation sites is 1. The van der Waals surface area contributed by atoms with Crippen molar-refractivity contribution in [2.24, 2.45) is 0 Å². The van der Waals surface area contributed by atoms with Gasteiger partial charge in [0.25, 0.3) is 0 Å². The number of aromatic nitrogens is 3. The second kappa shape index (κ2) is 12.2. The molecule has 0 aliphatic rings. The van der Waals surface area contributed by atoms with Crippen LogP contribution in [0.3, 0.4) is 0 Å². The van der Waals surface area contributed by atoms with E-state index >= 15 is 0 Å². The molecule has 5 aromatic carbocycles. The van der Waals surface area contributed by atoms with Crippen molar-refractivity contribution in [3.8, 4) is 61.9 Å². The quantitative estimate of drug-likeness (QED) is 0.177. The summed E-state index contributed by atoms with van der Waals surface area (Å²) in [4.78, 5) is 10.3. The first-order valence-corrected chi connectivity index (χ1v) is 15.0. The molecule has 0 bridgehead atoms. The van der Waals surface area contributed by atoms with Crippen molar-refractivity contribution in [2.45, 2.75) is 6.92 Å². The average Bonchev–Trinajstić information content (AvgIpc) is 3.48. The van der Waals surface area contributed by atoms with Crippen molar-refractivity contribution < 1.29 is 26.2 Å². The minimum absolute atomic E-state index is 0. The van der Waals surface area contributed by atoms with E-state index in [4.69, 9.17) is 9.97 Å². The van der Waals surface area contributed by atoms with Gasteiger partial charge in [0.2, 0.25) is 0 Å². The number of aromatic hydroxyl groups is 1. The summed E-state index contributed by atoms with van der Waals surface area (Å²) in [6.07, 6.45) is 2.06. The van der Waals surface area contributed by atoms with Gasteiger partial charge in [-0.3, -0.25) is 9.97 Å². The molecule has 0 fully saturated rings. The van der Waals surface area contributed by atoms with E-state index in [9.17, 15) is 5.11 Å². The summed E-state index contributed by atoms with van der Waals surface area (Å²) >= 11 is 0. The predicted molar refractivity (Wildman–Crippen MR) is 183 cm³/mol. The van der Waals surface area contributed by atoms with Crippen LogP contribution in [0.15, 0.2) is 146 Å². The van der Waals surface area contributed by atoms with Gasteiger partial charge in [0.15, 0.2) is 0 Å². The minimum Gasteiger partial charge on any atom is -0.507 e. The summed E-state index contributed by atoms with van der Waals surface area (Å²) in [6, 6.07) is 50.7. The molecule has 0 aliphatic carbocycles. The maximum Gasteiger partial charge on any atom is 0.129 e. The van der Waals surface area contributed by atoms with Gasteiger partial charge in [-0.1, -0.05) is 125 Å². The number of phenolic OH excluding ortho intramolecular Hbond substituents is 1. The van der Waals surface area contributed by atoms with E-state index in [-0.39, 0.29) is 26.8 Å². The zero-order valence-electron chi connectivity index (χ0n) is 25.0. The second-order valence-corrected chi connectivity index (χ2v) is 11.2. The number of phenols is 1. The van der Waals surface area contributed by atoms with Crippen LogP contribution in [0, 0.1) is 13.0 Å². The van der Waals surface area contributed by atoms with Gasteiger partial charge in [-0.2, -0.15) is 0 Å². The van der Waals surface area contributed by atoms with E-state index in [1.54, 1.807) is 6.07 Å². The van der Waals surface area contributed by atoms with Crippen molar-refractivity contribution in [3.05, 3.63) is 157 Å². The van der Waals surface area contributed by atoms with Gasteiger partial charge in [-0.05, 0) is 59.5 Å². The number of hydrogen-bond acceptors (Lipinski definition) is 3. The summed E-state index contributed by atoms with van der Waals surface area (Å²) in [5.74, 6) is 0.192. The van der Waals surface area contributed by atoms with Crippen molar-refractivity contribution in [3.63, 3.8) is 0 Å². The molecule has 8 rings (SSSR count). The van der Waals surface area contributed by atoms with E-state index in [1.807, 2.05) is 42.5 Å². The number of imidazole rings is 1. The molecule has 4 nitrogen and oxygen atoms in total. The van der Waals surface area contributed by atoms with Crippen LogP contribution in [0.5, 0.6) is 5.75 Å². The number of rotatable bonds is 5. The van der Waals surface area contributed by atoms with E-state index in [0.717, 1.165) is 66.9 Å². The molecule has 8 aromatic rings. The van der Waals surface area contributed by atoms with Gasteiger partial charge < -0.3 is 9.51 Å². The Morgan fingerprint density at radius 2 is 1.33 bits per heavy atom. The van der Waals surface area contributed by atoms with E-state index in [0.29, 0.717) is 11.3 Å². The first kappa shape index (κ1) is 29.4. The molecule has 0 aliphatic heterocycles. The molecule has 224 valence electrons. The largest absolute Gasteiger partial charge is 0.507 e. The van der Waals surface area contributed by atoms with Crippen LogP contribution in [0.1, 0.15) is 5.56 Å². The Morgan fingerprint density at radius 3 is 2.15 bits per heavy atom. The van der Waals surface area contributed by atoms with Gasteiger partial charge >= 0.3 is 0 Å². The van der Waals surface area contributed by atoms with E-state index in [2.05, 4.69) is 115 Å². The molecule has 1 N–H and O–H groups in total. The number of hydrogen-bond donors (Lipinski definition) is 1. The number of fused-ring (bicyclic) bond motifs is 2. The van der Waals surface area contributed by atoms with Gasteiger partial charge in [-0.25, -0.2) is 0 Å². The molecule has 46 heavy (non-hydrogen) atoms. The van der Waals surface area contributed by atoms with Crippen LogP contribution in [0.4, 0.5) is 0 Å². The van der Waals surface area contributed by atoms with E-state index in [1.165, 1.54) is 0 Å². The normalized spacial score (nSPS) is 11.1. The number of benzene rings is 5. The van der Waals surface area contributed by atoms with Crippen LogP contribution >= 0.6 is 0 Å². The molecule has 3 heterocycles. The fraction of sp³-hybridized carbons (Fsp3) is 0.0244.